The van der Waals surface area contributed by atoms with Crippen LogP contribution in [0, 0.1) is 0 Å². The minimum absolute atomic E-state index is 0.0755. The van der Waals surface area contributed by atoms with Gasteiger partial charge in [0.1, 0.15) is 9.84 Å². The summed E-state index contributed by atoms with van der Waals surface area (Å²) < 4.78 is 63.2. The van der Waals surface area contributed by atoms with Crippen LogP contribution in [0.1, 0.15) is 42.9 Å². The van der Waals surface area contributed by atoms with Crippen molar-refractivity contribution in [3.8, 4) is 0 Å². The first-order chi connectivity index (χ1) is 17.7. The molecule has 0 bridgehead atoms. The second-order valence-corrected chi connectivity index (χ2v) is 12.5. The minimum Gasteiger partial charge on any atom is -0.475 e. The van der Waals surface area contributed by atoms with Crippen molar-refractivity contribution in [1.82, 2.24) is 19.9 Å². The van der Waals surface area contributed by atoms with E-state index in [-0.39, 0.29) is 17.9 Å². The number of aryl methyl sites for hydroxylation is 1. The number of hydrogen-bond acceptors (Lipinski definition) is 7. The van der Waals surface area contributed by atoms with E-state index in [1.165, 1.54) is 11.8 Å². The molecule has 0 radical (unpaired) electrons. The quantitative estimate of drug-likeness (QED) is 0.552. The van der Waals surface area contributed by atoms with Crippen molar-refractivity contribution in [2.24, 2.45) is 7.05 Å². The number of aromatic nitrogens is 3. The number of ether oxygens (including phenoxy) is 1. The Bertz CT molecular complexity index is 1170. The zero-order valence-corrected chi connectivity index (χ0v) is 22.7. The van der Waals surface area contributed by atoms with E-state index in [4.69, 9.17) is 26.2 Å². The number of sulfone groups is 1. The molecule has 1 saturated carbocycles. The molecule has 0 unspecified atom stereocenters. The highest BCUT2D eigenvalue weighted by Crippen LogP contribution is 2.36. The molecule has 212 valence electrons. The highest BCUT2D eigenvalue weighted by molar-refractivity contribution is 7.90. The van der Waals surface area contributed by atoms with Gasteiger partial charge in [0, 0.05) is 49.1 Å². The molecule has 38 heavy (non-hydrogen) atoms. The lowest BCUT2D eigenvalue weighted by Crippen LogP contribution is -2.56. The van der Waals surface area contributed by atoms with Gasteiger partial charge in [-0.25, -0.2) is 13.2 Å². The second kappa shape index (κ2) is 12.8. The molecule has 2 aromatic rings. The summed E-state index contributed by atoms with van der Waals surface area (Å²) in [5, 5.41) is 16.2. The number of hydrogen-bond donors (Lipinski definition) is 1. The SMILES string of the molecule is Cn1cc(C2CCC(N3C[C@H](CS(C)(=O)=O)OC[C@@H]3Cc3ccc(Cl)cc3)CC2)nn1.O=C(O)C(F)(F)F. The normalized spacial score (nSPS) is 24.9. The number of rotatable bonds is 6. The van der Waals surface area contributed by atoms with Crippen LogP contribution in [0.4, 0.5) is 13.2 Å². The summed E-state index contributed by atoms with van der Waals surface area (Å²) in [6.45, 7) is 1.21. The van der Waals surface area contributed by atoms with Gasteiger partial charge in [-0.05, 0) is 49.8 Å². The van der Waals surface area contributed by atoms with Gasteiger partial charge < -0.3 is 9.84 Å². The van der Waals surface area contributed by atoms with E-state index in [1.54, 1.807) is 4.68 Å². The zero-order chi connectivity index (χ0) is 28.1. The van der Waals surface area contributed by atoms with Gasteiger partial charge in [-0.2, -0.15) is 13.2 Å². The molecule has 1 aliphatic heterocycles. The van der Waals surface area contributed by atoms with E-state index in [1.807, 2.05) is 25.4 Å². The summed E-state index contributed by atoms with van der Waals surface area (Å²) in [5.41, 5.74) is 2.30. The van der Waals surface area contributed by atoms with Gasteiger partial charge in [0.2, 0.25) is 0 Å². The zero-order valence-electron chi connectivity index (χ0n) is 21.1. The highest BCUT2D eigenvalue weighted by atomic mass is 35.5. The molecule has 1 N–H and O–H groups in total. The molecule has 1 aromatic heterocycles. The maximum Gasteiger partial charge on any atom is 0.490 e. The lowest BCUT2D eigenvalue weighted by atomic mass is 9.82. The van der Waals surface area contributed by atoms with E-state index in [0.29, 0.717) is 25.1 Å². The van der Waals surface area contributed by atoms with Gasteiger partial charge in [-0.3, -0.25) is 9.58 Å². The minimum atomic E-state index is -5.08. The average Bonchev–Trinajstić information content (AvgIpc) is 3.27. The van der Waals surface area contributed by atoms with Crippen molar-refractivity contribution in [3.05, 3.63) is 46.7 Å². The fraction of sp³-hybridized carbons (Fsp3) is 0.625. The van der Waals surface area contributed by atoms with Crippen LogP contribution in [0.2, 0.25) is 5.02 Å². The maximum absolute atomic E-state index is 11.9. The molecule has 14 heteroatoms. The van der Waals surface area contributed by atoms with Gasteiger partial charge in [-0.1, -0.05) is 28.9 Å². The Morgan fingerprint density at radius 2 is 1.79 bits per heavy atom. The molecule has 4 rings (SSSR count). The molecule has 1 saturated heterocycles. The largest absolute Gasteiger partial charge is 0.490 e. The van der Waals surface area contributed by atoms with Crippen molar-refractivity contribution < 1.29 is 36.2 Å². The number of benzene rings is 1. The molecule has 2 heterocycles. The fourth-order valence-electron chi connectivity index (χ4n) is 4.99. The number of morpholine rings is 1. The lowest BCUT2D eigenvalue weighted by molar-refractivity contribution is -0.192. The van der Waals surface area contributed by atoms with E-state index >= 15 is 0 Å². The molecule has 0 spiro atoms. The number of nitrogens with zero attached hydrogens (tertiary/aromatic N) is 4. The van der Waals surface area contributed by atoms with Crippen LogP contribution in [-0.2, 0) is 32.8 Å². The van der Waals surface area contributed by atoms with Crippen molar-refractivity contribution in [2.45, 2.75) is 62.4 Å². The van der Waals surface area contributed by atoms with E-state index < -0.39 is 22.0 Å². The van der Waals surface area contributed by atoms with Crippen LogP contribution in [-0.4, -0.2) is 88.9 Å². The Kier molecular flexibility index (Phi) is 10.2. The molecule has 2 aliphatic rings. The molecule has 2 atom stereocenters. The molecular formula is C24H32ClF3N4O5S. The maximum atomic E-state index is 11.9. The molecule has 1 aromatic carbocycles. The summed E-state index contributed by atoms with van der Waals surface area (Å²) >= 11 is 6.05. The first kappa shape index (κ1) is 30.3. The monoisotopic (exact) mass is 580 g/mol. The Morgan fingerprint density at radius 1 is 1.18 bits per heavy atom. The van der Waals surface area contributed by atoms with Crippen LogP contribution < -0.4 is 0 Å². The molecule has 9 nitrogen and oxygen atoms in total. The summed E-state index contributed by atoms with van der Waals surface area (Å²) in [5.74, 6) is -2.23. The molecule has 1 aliphatic carbocycles. The number of aliphatic carboxylic acids is 1. The first-order valence-corrected chi connectivity index (χ1v) is 14.6. The van der Waals surface area contributed by atoms with Gasteiger partial charge in [0.25, 0.3) is 0 Å². The van der Waals surface area contributed by atoms with E-state index in [9.17, 15) is 21.6 Å². The Balaban J connectivity index is 0.000000505. The number of alkyl halides is 3. The Labute approximate surface area is 224 Å². The first-order valence-electron chi connectivity index (χ1n) is 12.2. The average molecular weight is 581 g/mol. The summed E-state index contributed by atoms with van der Waals surface area (Å²) in [7, 11) is -1.18. The van der Waals surface area contributed by atoms with Crippen molar-refractivity contribution in [2.75, 3.05) is 25.2 Å². The highest BCUT2D eigenvalue weighted by Gasteiger charge is 2.38. The van der Waals surface area contributed by atoms with Gasteiger partial charge >= 0.3 is 12.1 Å². The second-order valence-electron chi connectivity index (χ2n) is 9.85. The van der Waals surface area contributed by atoms with E-state index in [2.05, 4.69) is 27.3 Å². The van der Waals surface area contributed by atoms with Crippen molar-refractivity contribution in [1.29, 1.82) is 0 Å². The predicted octanol–water partition coefficient (Wildman–Crippen LogP) is 3.48. The third kappa shape index (κ3) is 9.21. The van der Waals surface area contributed by atoms with Gasteiger partial charge in [0.15, 0.2) is 0 Å². The lowest BCUT2D eigenvalue weighted by Gasteiger charge is -2.46. The van der Waals surface area contributed by atoms with E-state index in [0.717, 1.165) is 42.8 Å². The number of halogens is 4. The standard InChI is InChI=1S/C22H31ClN4O3S.C2HF3O2/c1-26-13-22(24-25-26)17-5-9-19(10-6-17)27-12-21(15-31(2,28)29)30-14-20(27)11-16-3-7-18(23)8-4-16;3-2(4,5)1(6)7/h3-4,7-8,13,17,19-21H,5-6,9-12,14-15H2,1-2H3;(H,6,7)/t17?,19?,20-,21+;/m0./s1. The Morgan fingerprint density at radius 3 is 2.29 bits per heavy atom. The summed E-state index contributed by atoms with van der Waals surface area (Å²) in [4.78, 5) is 11.4. The van der Waals surface area contributed by atoms with Gasteiger partial charge in [-0.15, -0.1) is 5.10 Å². The van der Waals surface area contributed by atoms with Crippen LogP contribution in [0.25, 0.3) is 0 Å². The number of carbonyl (C=O) groups is 1. The summed E-state index contributed by atoms with van der Waals surface area (Å²) in [6.07, 6.45) is 3.11. The molecular weight excluding hydrogens is 549 g/mol. The summed E-state index contributed by atoms with van der Waals surface area (Å²) in [6, 6.07) is 8.63. The topological polar surface area (TPSA) is 115 Å². The third-order valence-electron chi connectivity index (χ3n) is 6.73. The molecule has 2 fully saturated rings. The number of carboxylic acids is 1. The smallest absolute Gasteiger partial charge is 0.475 e. The van der Waals surface area contributed by atoms with Crippen molar-refractivity contribution in [3.63, 3.8) is 0 Å². The van der Waals surface area contributed by atoms with Crippen LogP contribution in [0.3, 0.4) is 0 Å². The van der Waals surface area contributed by atoms with Crippen molar-refractivity contribution >= 4 is 27.4 Å². The Hall–Kier alpha value is -2.22. The predicted molar refractivity (Wildman–Crippen MR) is 135 cm³/mol. The van der Waals surface area contributed by atoms with Crippen LogP contribution >= 0.6 is 11.6 Å². The third-order valence-corrected chi connectivity index (χ3v) is 7.96. The van der Waals surface area contributed by atoms with Crippen LogP contribution in [0.15, 0.2) is 30.5 Å². The molecule has 0 amide bonds. The van der Waals surface area contributed by atoms with Crippen LogP contribution in [0.5, 0.6) is 0 Å². The number of carboxylic acid groups (broad SMARTS) is 1. The fourth-order valence-corrected chi connectivity index (χ4v) is 5.99. The van der Waals surface area contributed by atoms with Gasteiger partial charge in [0.05, 0.1) is 24.2 Å².